The molecule has 0 radical (unpaired) electrons. The average Bonchev–Trinajstić information content (AvgIpc) is 2.96. The summed E-state index contributed by atoms with van der Waals surface area (Å²) in [4.78, 5) is 25.4. The Labute approximate surface area is 241 Å². The van der Waals surface area contributed by atoms with E-state index in [4.69, 9.17) is 15.5 Å². The molecule has 0 spiro atoms. The molecule has 41 heavy (non-hydrogen) atoms. The Morgan fingerprint density at radius 2 is 2.02 bits per heavy atom. The molecule has 5 rings (SSSR count). The van der Waals surface area contributed by atoms with E-state index in [9.17, 15) is 18.0 Å². The summed E-state index contributed by atoms with van der Waals surface area (Å²) in [7, 11) is 0. The van der Waals surface area contributed by atoms with Crippen LogP contribution in [0.5, 0.6) is 0 Å². The van der Waals surface area contributed by atoms with Gasteiger partial charge in [-0.25, -0.2) is 22.5 Å². The number of anilines is 1. The van der Waals surface area contributed by atoms with Crippen LogP contribution in [0, 0.1) is 35.4 Å². The standard InChI is InChI=1S/C29H35F4N5O2S/c1-14(2)18-9-21(31)15(3)25(34)24(18)28-38-29(13-40-7-6-16(29)12-41-28)19-8-17(4-5-20(19)30)37-27(39)23-11-35-22(10-36-23)26(32)33/h4-5,8,10-11,14-16,18,21,24-26H,6-7,9,12-13,34H2,1-3H3,(H,37,39)/t15?,16?,18-,21-,24?,25?,29+/m1/s1. The number of benzene rings is 1. The topological polar surface area (TPSA) is 102 Å². The van der Waals surface area contributed by atoms with Gasteiger partial charge in [0, 0.05) is 47.4 Å². The number of carbonyl (C=O) groups excluding carboxylic acids is 1. The molecule has 1 amide bonds. The zero-order chi connectivity index (χ0) is 29.5. The van der Waals surface area contributed by atoms with Gasteiger partial charge in [-0.05, 0) is 42.9 Å². The van der Waals surface area contributed by atoms with Gasteiger partial charge < -0.3 is 15.8 Å². The average molecular weight is 594 g/mol. The van der Waals surface area contributed by atoms with Crippen LogP contribution in [0.1, 0.15) is 61.8 Å². The van der Waals surface area contributed by atoms with Crippen LogP contribution < -0.4 is 11.1 Å². The maximum absolute atomic E-state index is 15.7. The Balaban J connectivity index is 1.51. The summed E-state index contributed by atoms with van der Waals surface area (Å²) in [6.45, 7) is 6.67. The number of nitrogens with one attached hydrogen (secondary N) is 1. The second-order valence-electron chi connectivity index (χ2n) is 11.6. The Morgan fingerprint density at radius 3 is 2.71 bits per heavy atom. The number of amides is 1. The number of aliphatic imine (C=N–C) groups is 1. The van der Waals surface area contributed by atoms with Crippen molar-refractivity contribution in [2.75, 3.05) is 24.3 Å². The summed E-state index contributed by atoms with van der Waals surface area (Å²) in [5.74, 6) is -0.813. The molecule has 7 nitrogen and oxygen atoms in total. The van der Waals surface area contributed by atoms with Gasteiger partial charge in [-0.15, -0.1) is 11.8 Å². The number of nitrogens with zero attached hydrogens (tertiary/aromatic N) is 3. The minimum Gasteiger partial charge on any atom is -0.379 e. The predicted octanol–water partition coefficient (Wildman–Crippen LogP) is 5.78. The Bertz CT molecular complexity index is 1300. The van der Waals surface area contributed by atoms with E-state index in [0.29, 0.717) is 36.5 Å². The van der Waals surface area contributed by atoms with E-state index >= 15 is 4.39 Å². The van der Waals surface area contributed by atoms with Gasteiger partial charge >= 0.3 is 0 Å². The lowest BCUT2D eigenvalue weighted by Crippen LogP contribution is -2.55. The first-order valence-electron chi connectivity index (χ1n) is 13.9. The summed E-state index contributed by atoms with van der Waals surface area (Å²) >= 11 is 1.63. The number of carbonyl (C=O) groups is 1. The minimum absolute atomic E-state index is 0.00593. The van der Waals surface area contributed by atoms with Crippen molar-refractivity contribution in [2.45, 2.75) is 57.8 Å². The smallest absolute Gasteiger partial charge is 0.281 e. The highest BCUT2D eigenvalue weighted by molar-refractivity contribution is 8.14. The number of hydrogen-bond acceptors (Lipinski definition) is 7. The summed E-state index contributed by atoms with van der Waals surface area (Å²) in [5.41, 5.74) is 5.52. The molecule has 12 heteroatoms. The van der Waals surface area contributed by atoms with Crippen molar-refractivity contribution in [1.29, 1.82) is 0 Å². The molecule has 7 atom stereocenters. The van der Waals surface area contributed by atoms with Gasteiger partial charge in [0.25, 0.3) is 12.3 Å². The highest BCUT2D eigenvalue weighted by Gasteiger charge is 2.51. The molecule has 222 valence electrons. The molecule has 3 aliphatic rings. The summed E-state index contributed by atoms with van der Waals surface area (Å²) in [5, 5.41) is 3.47. The maximum atomic E-state index is 15.7. The van der Waals surface area contributed by atoms with Gasteiger partial charge in [0.1, 0.15) is 28.9 Å². The van der Waals surface area contributed by atoms with E-state index in [-0.39, 0.29) is 41.9 Å². The summed E-state index contributed by atoms with van der Waals surface area (Å²) < 4.78 is 62.1. The van der Waals surface area contributed by atoms with Crippen molar-refractivity contribution in [3.63, 3.8) is 0 Å². The fourth-order valence-electron chi connectivity index (χ4n) is 6.31. The predicted molar refractivity (Wildman–Crippen MR) is 150 cm³/mol. The van der Waals surface area contributed by atoms with E-state index in [0.717, 1.165) is 17.4 Å². The normalized spacial score (nSPS) is 32.0. The number of thioether (sulfide) groups is 1. The lowest BCUT2D eigenvalue weighted by atomic mass is 9.66. The van der Waals surface area contributed by atoms with Crippen molar-refractivity contribution in [3.05, 3.63) is 53.4 Å². The summed E-state index contributed by atoms with van der Waals surface area (Å²) in [6.07, 6.45) is -0.886. The molecule has 2 fully saturated rings. The number of alkyl halides is 3. The third kappa shape index (κ3) is 5.75. The molecule has 1 aromatic heterocycles. The maximum Gasteiger partial charge on any atom is 0.281 e. The van der Waals surface area contributed by atoms with Gasteiger partial charge in [0.15, 0.2) is 0 Å². The fourth-order valence-corrected chi connectivity index (χ4v) is 7.87. The Hall–Kier alpha value is -2.57. The number of nitrogens with two attached hydrogens (primary N) is 1. The number of hydrogen-bond donors (Lipinski definition) is 2. The number of halogens is 4. The molecule has 3 heterocycles. The second kappa shape index (κ2) is 12.0. The highest BCUT2D eigenvalue weighted by atomic mass is 32.2. The van der Waals surface area contributed by atoms with Crippen LogP contribution >= 0.6 is 11.8 Å². The molecule has 3 N–H and O–H groups in total. The molecule has 2 aliphatic heterocycles. The quantitative estimate of drug-likeness (QED) is 0.412. The van der Waals surface area contributed by atoms with Crippen LogP contribution in [-0.4, -0.2) is 52.1 Å². The van der Waals surface area contributed by atoms with Crippen LogP contribution in [0.2, 0.25) is 0 Å². The molecule has 1 aliphatic carbocycles. The monoisotopic (exact) mass is 593 g/mol. The minimum atomic E-state index is -2.80. The zero-order valence-corrected chi connectivity index (χ0v) is 24.0. The van der Waals surface area contributed by atoms with Crippen LogP contribution in [0.15, 0.2) is 35.6 Å². The second-order valence-corrected chi connectivity index (χ2v) is 12.7. The third-order valence-corrected chi connectivity index (χ3v) is 10.1. The first kappa shape index (κ1) is 29.9. The third-order valence-electron chi connectivity index (χ3n) is 8.86. The van der Waals surface area contributed by atoms with Crippen molar-refractivity contribution >= 4 is 28.4 Å². The number of rotatable bonds is 6. The van der Waals surface area contributed by atoms with Crippen LogP contribution in [0.25, 0.3) is 0 Å². The van der Waals surface area contributed by atoms with Crippen molar-refractivity contribution < 1.29 is 27.1 Å². The lowest BCUT2D eigenvalue weighted by Gasteiger charge is -2.49. The first-order valence-corrected chi connectivity index (χ1v) is 14.9. The van der Waals surface area contributed by atoms with Crippen molar-refractivity contribution in [1.82, 2.24) is 9.97 Å². The molecule has 0 bridgehead atoms. The molecule has 1 aromatic carbocycles. The van der Waals surface area contributed by atoms with E-state index in [2.05, 4.69) is 29.1 Å². The van der Waals surface area contributed by atoms with E-state index < -0.39 is 41.6 Å². The number of aromatic nitrogens is 2. The molecule has 1 saturated carbocycles. The van der Waals surface area contributed by atoms with Gasteiger partial charge in [-0.3, -0.25) is 14.8 Å². The fraction of sp³-hybridized carbons (Fsp3) is 0.586. The van der Waals surface area contributed by atoms with Crippen molar-refractivity contribution in [2.24, 2.45) is 40.3 Å². The summed E-state index contributed by atoms with van der Waals surface area (Å²) in [6, 6.07) is 3.81. The lowest BCUT2D eigenvalue weighted by molar-refractivity contribution is 0.00200. The van der Waals surface area contributed by atoms with E-state index in [1.54, 1.807) is 17.8 Å². The molecular weight excluding hydrogens is 558 g/mol. The molecular formula is C29H35F4N5O2S. The number of ether oxygens (including phenoxy) is 1. The van der Waals surface area contributed by atoms with Crippen molar-refractivity contribution in [3.8, 4) is 0 Å². The Morgan fingerprint density at radius 1 is 1.24 bits per heavy atom. The van der Waals surface area contributed by atoms with Crippen LogP contribution in [0.3, 0.4) is 0 Å². The zero-order valence-electron chi connectivity index (χ0n) is 23.2. The Kier molecular flexibility index (Phi) is 8.73. The van der Waals surface area contributed by atoms with Crippen LogP contribution in [-0.2, 0) is 10.3 Å². The largest absolute Gasteiger partial charge is 0.379 e. The first-order chi connectivity index (χ1) is 19.5. The van der Waals surface area contributed by atoms with E-state index in [1.807, 2.05) is 6.92 Å². The van der Waals surface area contributed by atoms with Crippen LogP contribution in [0.4, 0.5) is 23.2 Å². The van der Waals surface area contributed by atoms with Gasteiger partial charge in [-0.1, -0.05) is 20.8 Å². The van der Waals surface area contributed by atoms with Gasteiger partial charge in [-0.2, -0.15) is 0 Å². The highest BCUT2D eigenvalue weighted by Crippen LogP contribution is 2.50. The molecule has 2 aromatic rings. The van der Waals surface area contributed by atoms with Gasteiger partial charge in [0.05, 0.1) is 24.0 Å². The SMILES string of the molecule is CC(C)[C@H]1C[C@@H](F)C(C)C(N)C1C1=N[C@@]2(c3cc(NC(=O)c4cnc(C(F)F)cn4)ccc3F)COCCC2CS1. The number of fused-ring (bicyclic) bond motifs is 1. The van der Waals surface area contributed by atoms with Gasteiger partial charge in [0.2, 0.25) is 0 Å². The molecule has 1 saturated heterocycles. The van der Waals surface area contributed by atoms with E-state index in [1.165, 1.54) is 12.1 Å². The molecule has 4 unspecified atom stereocenters.